The van der Waals surface area contributed by atoms with Gasteiger partial charge in [-0.3, -0.25) is 4.98 Å². The number of aliphatic imine (C=N–C) groups is 1. The minimum Gasteiger partial charge on any atom is -0.402 e. The van der Waals surface area contributed by atoms with E-state index < -0.39 is 5.97 Å². The first-order valence-electron chi connectivity index (χ1n) is 5.29. The molecular formula is C13H8N2O2S. The van der Waals surface area contributed by atoms with Gasteiger partial charge in [0.15, 0.2) is 5.70 Å². The second kappa shape index (κ2) is 4.54. The molecular weight excluding hydrogens is 248 g/mol. The third-order valence-corrected chi connectivity index (χ3v) is 3.19. The zero-order valence-corrected chi connectivity index (χ0v) is 10.1. The van der Waals surface area contributed by atoms with Crippen LogP contribution in [-0.2, 0) is 9.53 Å². The standard InChI is InChI=1S/C13H8N2O2S/c16-13-11(8-10-2-1-7-18-10)15-12(17-13)9-3-5-14-6-4-9/h1-8H/b11-8+. The highest BCUT2D eigenvalue weighted by atomic mass is 32.1. The predicted octanol–water partition coefficient (Wildman–Crippen LogP) is 2.49. The fourth-order valence-electron chi connectivity index (χ4n) is 1.54. The molecule has 0 aromatic carbocycles. The smallest absolute Gasteiger partial charge is 0.363 e. The van der Waals surface area contributed by atoms with Crippen LogP contribution in [0.2, 0.25) is 0 Å². The molecule has 1 aliphatic rings. The Morgan fingerprint density at radius 2 is 2.06 bits per heavy atom. The van der Waals surface area contributed by atoms with Gasteiger partial charge < -0.3 is 4.74 Å². The molecule has 3 rings (SSSR count). The molecule has 0 radical (unpaired) electrons. The first kappa shape index (κ1) is 10.9. The highest BCUT2D eigenvalue weighted by Crippen LogP contribution is 2.20. The van der Waals surface area contributed by atoms with Crippen molar-refractivity contribution in [3.05, 3.63) is 58.2 Å². The van der Waals surface area contributed by atoms with Gasteiger partial charge in [0, 0.05) is 22.8 Å². The molecule has 0 fully saturated rings. The molecule has 4 nitrogen and oxygen atoms in total. The van der Waals surface area contributed by atoms with Crippen LogP contribution in [0, 0.1) is 0 Å². The number of hydrogen-bond acceptors (Lipinski definition) is 5. The average Bonchev–Trinajstić information content (AvgIpc) is 3.02. The summed E-state index contributed by atoms with van der Waals surface area (Å²) < 4.78 is 5.13. The van der Waals surface area contributed by atoms with E-state index in [1.165, 1.54) is 0 Å². The second-order valence-corrected chi connectivity index (χ2v) is 4.57. The number of esters is 1. The average molecular weight is 256 g/mol. The van der Waals surface area contributed by atoms with E-state index in [1.54, 1.807) is 41.9 Å². The van der Waals surface area contributed by atoms with Gasteiger partial charge in [-0.25, -0.2) is 9.79 Å². The van der Waals surface area contributed by atoms with Gasteiger partial charge in [0.1, 0.15) is 0 Å². The topological polar surface area (TPSA) is 51.5 Å². The third kappa shape index (κ3) is 2.08. The van der Waals surface area contributed by atoms with Crippen molar-refractivity contribution in [3.63, 3.8) is 0 Å². The number of carbonyl (C=O) groups excluding carboxylic acids is 1. The van der Waals surface area contributed by atoms with Gasteiger partial charge in [-0.2, -0.15) is 0 Å². The summed E-state index contributed by atoms with van der Waals surface area (Å²) in [6.45, 7) is 0. The highest BCUT2D eigenvalue weighted by Gasteiger charge is 2.23. The Kier molecular flexibility index (Phi) is 2.74. The van der Waals surface area contributed by atoms with Crippen LogP contribution in [0.15, 0.2) is 52.7 Å². The molecule has 18 heavy (non-hydrogen) atoms. The van der Waals surface area contributed by atoms with E-state index in [2.05, 4.69) is 9.98 Å². The number of nitrogens with zero attached hydrogens (tertiary/aromatic N) is 2. The van der Waals surface area contributed by atoms with Crippen LogP contribution < -0.4 is 0 Å². The quantitative estimate of drug-likeness (QED) is 0.612. The number of cyclic esters (lactones) is 1. The molecule has 3 heterocycles. The molecule has 0 spiro atoms. The molecule has 0 unspecified atom stereocenters. The zero-order valence-electron chi connectivity index (χ0n) is 9.24. The second-order valence-electron chi connectivity index (χ2n) is 3.59. The summed E-state index contributed by atoms with van der Waals surface area (Å²) in [5.74, 6) is -0.0968. The van der Waals surface area contributed by atoms with E-state index in [9.17, 15) is 4.79 Å². The molecule has 0 N–H and O–H groups in total. The summed E-state index contributed by atoms with van der Waals surface area (Å²) in [5.41, 5.74) is 1.07. The summed E-state index contributed by atoms with van der Waals surface area (Å²) in [6, 6.07) is 7.34. The molecule has 0 saturated carbocycles. The van der Waals surface area contributed by atoms with Crippen LogP contribution in [0.25, 0.3) is 6.08 Å². The van der Waals surface area contributed by atoms with Crippen LogP contribution in [0.5, 0.6) is 0 Å². The molecule has 0 bridgehead atoms. The van der Waals surface area contributed by atoms with Crippen molar-refractivity contribution >= 4 is 29.3 Å². The van der Waals surface area contributed by atoms with Crippen LogP contribution in [0.3, 0.4) is 0 Å². The van der Waals surface area contributed by atoms with E-state index in [4.69, 9.17) is 4.74 Å². The predicted molar refractivity (Wildman–Crippen MR) is 69.2 cm³/mol. The Labute approximate surface area is 107 Å². The maximum absolute atomic E-state index is 11.7. The molecule has 0 saturated heterocycles. The summed E-state index contributed by atoms with van der Waals surface area (Å²) in [7, 11) is 0. The summed E-state index contributed by atoms with van der Waals surface area (Å²) in [5, 5.41) is 1.94. The number of rotatable bonds is 2. The van der Waals surface area contributed by atoms with E-state index in [0.717, 1.165) is 10.4 Å². The van der Waals surface area contributed by atoms with Crippen molar-refractivity contribution in [1.29, 1.82) is 0 Å². The lowest BCUT2D eigenvalue weighted by atomic mass is 10.3. The summed E-state index contributed by atoms with van der Waals surface area (Å²) >= 11 is 1.55. The molecule has 88 valence electrons. The van der Waals surface area contributed by atoms with Crippen molar-refractivity contribution in [2.45, 2.75) is 0 Å². The molecule has 0 amide bonds. The monoisotopic (exact) mass is 256 g/mol. The van der Waals surface area contributed by atoms with Gasteiger partial charge >= 0.3 is 5.97 Å². The maximum atomic E-state index is 11.7. The van der Waals surface area contributed by atoms with Crippen LogP contribution >= 0.6 is 11.3 Å². The fraction of sp³-hybridized carbons (Fsp3) is 0. The van der Waals surface area contributed by atoms with Crippen molar-refractivity contribution in [2.24, 2.45) is 4.99 Å². The van der Waals surface area contributed by atoms with Gasteiger partial charge in [-0.05, 0) is 29.7 Å². The molecule has 0 aliphatic carbocycles. The lowest BCUT2D eigenvalue weighted by molar-refractivity contribution is -0.129. The highest BCUT2D eigenvalue weighted by molar-refractivity contribution is 7.10. The van der Waals surface area contributed by atoms with Gasteiger partial charge in [0.05, 0.1) is 0 Å². The first-order valence-corrected chi connectivity index (χ1v) is 6.17. The molecule has 2 aromatic rings. The SMILES string of the molecule is O=C1OC(c2ccncc2)=N/C1=C/c1cccs1. The van der Waals surface area contributed by atoms with Crippen molar-refractivity contribution in [1.82, 2.24) is 4.98 Å². The maximum Gasteiger partial charge on any atom is 0.363 e. The molecule has 2 aromatic heterocycles. The number of ether oxygens (including phenoxy) is 1. The Hall–Kier alpha value is -2.27. The molecule has 0 atom stereocenters. The zero-order chi connectivity index (χ0) is 12.4. The largest absolute Gasteiger partial charge is 0.402 e. The Bertz CT molecular complexity index is 630. The summed E-state index contributed by atoms with van der Waals surface area (Å²) in [4.78, 5) is 20.7. The van der Waals surface area contributed by atoms with Crippen molar-refractivity contribution < 1.29 is 9.53 Å². The van der Waals surface area contributed by atoms with Crippen LogP contribution in [0.1, 0.15) is 10.4 Å². The van der Waals surface area contributed by atoms with Crippen LogP contribution in [0.4, 0.5) is 0 Å². The number of thiophene rings is 1. The van der Waals surface area contributed by atoms with E-state index in [1.807, 2.05) is 17.5 Å². The third-order valence-electron chi connectivity index (χ3n) is 2.37. The number of hydrogen-bond donors (Lipinski definition) is 0. The van der Waals surface area contributed by atoms with Crippen LogP contribution in [-0.4, -0.2) is 16.9 Å². The van der Waals surface area contributed by atoms with E-state index in [0.29, 0.717) is 11.6 Å². The van der Waals surface area contributed by atoms with E-state index in [-0.39, 0.29) is 0 Å². The Morgan fingerprint density at radius 3 is 2.78 bits per heavy atom. The number of carbonyl (C=O) groups is 1. The number of pyridine rings is 1. The lowest BCUT2D eigenvalue weighted by Gasteiger charge is -1.96. The van der Waals surface area contributed by atoms with Gasteiger partial charge in [0.2, 0.25) is 5.90 Å². The van der Waals surface area contributed by atoms with Gasteiger partial charge in [-0.15, -0.1) is 11.3 Å². The normalized spacial score (nSPS) is 16.8. The lowest BCUT2D eigenvalue weighted by Crippen LogP contribution is -2.05. The Balaban J connectivity index is 1.95. The first-order chi connectivity index (χ1) is 8.83. The van der Waals surface area contributed by atoms with E-state index >= 15 is 0 Å². The minimum atomic E-state index is -0.421. The molecule has 1 aliphatic heterocycles. The molecule has 5 heteroatoms. The summed E-state index contributed by atoms with van der Waals surface area (Å²) in [6.07, 6.45) is 4.99. The minimum absolute atomic E-state index is 0.323. The Morgan fingerprint density at radius 1 is 1.22 bits per heavy atom. The number of aromatic nitrogens is 1. The fourth-order valence-corrected chi connectivity index (χ4v) is 2.19. The van der Waals surface area contributed by atoms with Gasteiger partial charge in [-0.1, -0.05) is 6.07 Å². The van der Waals surface area contributed by atoms with Gasteiger partial charge in [0.25, 0.3) is 0 Å². The van der Waals surface area contributed by atoms with Crippen molar-refractivity contribution in [3.8, 4) is 0 Å². The van der Waals surface area contributed by atoms with Crippen molar-refractivity contribution in [2.75, 3.05) is 0 Å².